The summed E-state index contributed by atoms with van der Waals surface area (Å²) < 4.78 is 0. The molecule has 0 fully saturated rings. The van der Waals surface area contributed by atoms with Crippen molar-refractivity contribution in [1.82, 2.24) is 0 Å². The molecular formula is C11H13NO2. The van der Waals surface area contributed by atoms with E-state index < -0.39 is 0 Å². The average molecular weight is 191 g/mol. The minimum absolute atomic E-state index is 0.124. The summed E-state index contributed by atoms with van der Waals surface area (Å²) in [5.41, 5.74) is 1.92. The fourth-order valence-corrected chi connectivity index (χ4v) is 1.05. The third kappa shape index (κ3) is 3.39. The smallest absolute Gasteiger partial charge is 0.224 e. The molecule has 1 aromatic rings. The van der Waals surface area contributed by atoms with Crippen LogP contribution in [0, 0.1) is 6.92 Å². The maximum Gasteiger partial charge on any atom is 0.224 e. The highest BCUT2D eigenvalue weighted by molar-refractivity contribution is 5.91. The van der Waals surface area contributed by atoms with Crippen molar-refractivity contribution >= 4 is 17.9 Å². The van der Waals surface area contributed by atoms with Crippen molar-refractivity contribution in [2.75, 3.05) is 5.32 Å². The number of aldehydes is 1. The Morgan fingerprint density at radius 3 is 2.57 bits per heavy atom. The van der Waals surface area contributed by atoms with Crippen molar-refractivity contribution in [1.29, 1.82) is 0 Å². The molecule has 0 aromatic heterocycles. The SMILES string of the molecule is Cc1ccc(NC(=O)CCC=O)cc1. The summed E-state index contributed by atoms with van der Waals surface area (Å²) in [6, 6.07) is 7.53. The summed E-state index contributed by atoms with van der Waals surface area (Å²) in [6.45, 7) is 1.98. The quantitative estimate of drug-likeness (QED) is 0.739. The Hall–Kier alpha value is -1.64. The van der Waals surface area contributed by atoms with Crippen LogP contribution in [0.1, 0.15) is 18.4 Å². The van der Waals surface area contributed by atoms with Crippen LogP contribution in [0.15, 0.2) is 24.3 Å². The average Bonchev–Trinajstić information content (AvgIpc) is 2.18. The Labute approximate surface area is 83.1 Å². The number of amides is 1. The molecule has 0 unspecified atom stereocenters. The molecule has 14 heavy (non-hydrogen) atoms. The van der Waals surface area contributed by atoms with Gasteiger partial charge in [0.25, 0.3) is 0 Å². The molecule has 0 atom stereocenters. The number of anilines is 1. The molecule has 1 aromatic carbocycles. The molecule has 3 heteroatoms. The van der Waals surface area contributed by atoms with Crippen LogP contribution in [0.2, 0.25) is 0 Å². The Bertz CT molecular complexity index is 317. The van der Waals surface area contributed by atoms with Gasteiger partial charge < -0.3 is 10.1 Å². The number of hydrogen-bond acceptors (Lipinski definition) is 2. The minimum Gasteiger partial charge on any atom is -0.326 e. The van der Waals surface area contributed by atoms with E-state index in [1.165, 1.54) is 0 Å². The molecule has 0 saturated heterocycles. The summed E-state index contributed by atoms with van der Waals surface area (Å²) in [5.74, 6) is -0.124. The summed E-state index contributed by atoms with van der Waals surface area (Å²) >= 11 is 0. The largest absolute Gasteiger partial charge is 0.326 e. The first kappa shape index (κ1) is 10.4. The fourth-order valence-electron chi connectivity index (χ4n) is 1.05. The predicted molar refractivity (Wildman–Crippen MR) is 55.1 cm³/mol. The van der Waals surface area contributed by atoms with Crippen molar-refractivity contribution in [3.63, 3.8) is 0 Å². The maximum absolute atomic E-state index is 11.2. The third-order valence-electron chi connectivity index (χ3n) is 1.82. The zero-order valence-electron chi connectivity index (χ0n) is 8.12. The second-order valence-electron chi connectivity index (χ2n) is 3.12. The van der Waals surface area contributed by atoms with Crippen LogP contribution >= 0.6 is 0 Å². The Kier molecular flexibility index (Phi) is 3.85. The van der Waals surface area contributed by atoms with E-state index in [2.05, 4.69) is 5.32 Å². The highest BCUT2D eigenvalue weighted by Gasteiger charge is 2.00. The summed E-state index contributed by atoms with van der Waals surface area (Å²) in [7, 11) is 0. The van der Waals surface area contributed by atoms with Crippen molar-refractivity contribution in [2.45, 2.75) is 19.8 Å². The van der Waals surface area contributed by atoms with E-state index in [-0.39, 0.29) is 18.7 Å². The number of carbonyl (C=O) groups is 2. The molecule has 1 rings (SSSR count). The lowest BCUT2D eigenvalue weighted by Gasteiger charge is -2.03. The van der Waals surface area contributed by atoms with Crippen LogP contribution in [0.25, 0.3) is 0 Å². The van der Waals surface area contributed by atoms with E-state index in [0.29, 0.717) is 0 Å². The molecule has 0 saturated carbocycles. The Morgan fingerprint density at radius 2 is 2.00 bits per heavy atom. The lowest BCUT2D eigenvalue weighted by molar-refractivity contribution is -0.118. The molecule has 0 radical (unpaired) electrons. The second-order valence-corrected chi connectivity index (χ2v) is 3.12. The Morgan fingerprint density at radius 1 is 1.36 bits per heavy atom. The molecule has 0 spiro atoms. The van der Waals surface area contributed by atoms with E-state index in [4.69, 9.17) is 0 Å². The van der Waals surface area contributed by atoms with Gasteiger partial charge in [0.2, 0.25) is 5.91 Å². The molecule has 74 valence electrons. The molecule has 1 amide bonds. The van der Waals surface area contributed by atoms with Crippen LogP contribution in [-0.4, -0.2) is 12.2 Å². The zero-order valence-corrected chi connectivity index (χ0v) is 8.12. The van der Waals surface area contributed by atoms with Crippen molar-refractivity contribution in [2.24, 2.45) is 0 Å². The molecule has 3 nitrogen and oxygen atoms in total. The fraction of sp³-hybridized carbons (Fsp3) is 0.273. The first-order chi connectivity index (χ1) is 6.72. The molecule has 0 aliphatic rings. The first-order valence-electron chi connectivity index (χ1n) is 4.52. The summed E-state index contributed by atoms with van der Waals surface area (Å²) in [5, 5.41) is 2.71. The zero-order chi connectivity index (χ0) is 10.4. The molecule has 0 aliphatic heterocycles. The van der Waals surface area contributed by atoms with Gasteiger partial charge in [-0.05, 0) is 19.1 Å². The van der Waals surface area contributed by atoms with Crippen molar-refractivity contribution in [3.8, 4) is 0 Å². The number of rotatable bonds is 4. The topological polar surface area (TPSA) is 46.2 Å². The minimum atomic E-state index is -0.124. The molecule has 0 bridgehead atoms. The first-order valence-corrected chi connectivity index (χ1v) is 4.52. The predicted octanol–water partition coefficient (Wildman–Crippen LogP) is 1.91. The second kappa shape index (κ2) is 5.17. The molecular weight excluding hydrogens is 178 g/mol. The van der Waals surface area contributed by atoms with Gasteiger partial charge in [0.05, 0.1) is 0 Å². The monoisotopic (exact) mass is 191 g/mol. The van der Waals surface area contributed by atoms with Crippen molar-refractivity contribution in [3.05, 3.63) is 29.8 Å². The standard InChI is InChI=1S/C11H13NO2/c1-9-4-6-10(7-5-9)12-11(14)3-2-8-13/h4-8H,2-3H2,1H3,(H,12,14). The number of hydrogen-bond donors (Lipinski definition) is 1. The van der Waals surface area contributed by atoms with E-state index in [1.807, 2.05) is 31.2 Å². The van der Waals surface area contributed by atoms with Gasteiger partial charge in [-0.2, -0.15) is 0 Å². The van der Waals surface area contributed by atoms with Crippen LogP contribution in [0.3, 0.4) is 0 Å². The normalized spacial score (nSPS) is 9.50. The van der Waals surface area contributed by atoms with Crippen LogP contribution in [-0.2, 0) is 9.59 Å². The molecule has 0 heterocycles. The Balaban J connectivity index is 2.47. The molecule has 0 aliphatic carbocycles. The maximum atomic E-state index is 11.2. The number of benzene rings is 1. The van der Waals surface area contributed by atoms with Crippen LogP contribution in [0.4, 0.5) is 5.69 Å². The van der Waals surface area contributed by atoms with Gasteiger partial charge in [-0.3, -0.25) is 4.79 Å². The highest BCUT2D eigenvalue weighted by atomic mass is 16.1. The van der Waals surface area contributed by atoms with E-state index in [9.17, 15) is 9.59 Å². The van der Waals surface area contributed by atoms with Crippen LogP contribution < -0.4 is 5.32 Å². The van der Waals surface area contributed by atoms with E-state index in [0.717, 1.165) is 17.5 Å². The van der Waals surface area contributed by atoms with Gasteiger partial charge in [0.15, 0.2) is 0 Å². The summed E-state index contributed by atoms with van der Waals surface area (Å²) in [6.07, 6.45) is 1.27. The van der Waals surface area contributed by atoms with Gasteiger partial charge >= 0.3 is 0 Å². The third-order valence-corrected chi connectivity index (χ3v) is 1.82. The van der Waals surface area contributed by atoms with E-state index >= 15 is 0 Å². The summed E-state index contributed by atoms with van der Waals surface area (Å²) in [4.78, 5) is 21.2. The van der Waals surface area contributed by atoms with Gasteiger partial charge in [-0.1, -0.05) is 17.7 Å². The van der Waals surface area contributed by atoms with Crippen LogP contribution in [0.5, 0.6) is 0 Å². The van der Waals surface area contributed by atoms with Crippen molar-refractivity contribution < 1.29 is 9.59 Å². The lowest BCUT2D eigenvalue weighted by Crippen LogP contribution is -2.11. The number of aryl methyl sites for hydroxylation is 1. The van der Waals surface area contributed by atoms with Gasteiger partial charge in [-0.25, -0.2) is 0 Å². The highest BCUT2D eigenvalue weighted by Crippen LogP contribution is 2.08. The van der Waals surface area contributed by atoms with Gasteiger partial charge in [0, 0.05) is 18.5 Å². The van der Waals surface area contributed by atoms with E-state index in [1.54, 1.807) is 0 Å². The molecule has 1 N–H and O–H groups in total. The number of carbonyl (C=O) groups excluding carboxylic acids is 2. The van der Waals surface area contributed by atoms with Gasteiger partial charge in [-0.15, -0.1) is 0 Å². The number of nitrogens with one attached hydrogen (secondary N) is 1. The lowest BCUT2D eigenvalue weighted by atomic mass is 10.2. The van der Waals surface area contributed by atoms with Gasteiger partial charge in [0.1, 0.15) is 6.29 Å².